The van der Waals surface area contributed by atoms with Crippen LogP contribution in [-0.4, -0.2) is 22.8 Å². The van der Waals surface area contributed by atoms with Gasteiger partial charge in [0.2, 0.25) is 0 Å². The molecule has 1 aromatic heterocycles. The average molecular weight is 282 g/mol. The van der Waals surface area contributed by atoms with Crippen LogP contribution in [-0.2, 0) is 0 Å². The Labute approximate surface area is 97.5 Å². The molecular formula is C9H14BrClN2O. The Morgan fingerprint density at radius 3 is 3.00 bits per heavy atom. The standard InChI is InChI=1S/C9H14BrClN2O/c1-14-8-6-12-13(7-8)9(10)4-2-3-5-11/h6-7,9H,2-5H2,1H3. The fourth-order valence-corrected chi connectivity index (χ4v) is 1.86. The van der Waals surface area contributed by atoms with Gasteiger partial charge in [0.15, 0.2) is 5.75 Å². The molecule has 14 heavy (non-hydrogen) atoms. The number of alkyl halides is 2. The van der Waals surface area contributed by atoms with E-state index in [1.165, 1.54) is 0 Å². The minimum absolute atomic E-state index is 0.231. The van der Waals surface area contributed by atoms with E-state index in [0.29, 0.717) is 0 Å². The van der Waals surface area contributed by atoms with Gasteiger partial charge in [0.1, 0.15) is 4.95 Å². The van der Waals surface area contributed by atoms with E-state index in [0.717, 1.165) is 30.9 Å². The molecule has 1 aromatic rings. The second kappa shape index (κ2) is 6.30. The van der Waals surface area contributed by atoms with E-state index in [-0.39, 0.29) is 4.95 Å². The number of hydrogen-bond donors (Lipinski definition) is 0. The van der Waals surface area contributed by atoms with Crippen LogP contribution in [0.5, 0.6) is 5.75 Å². The van der Waals surface area contributed by atoms with Crippen molar-refractivity contribution in [2.45, 2.75) is 24.2 Å². The normalized spacial score (nSPS) is 12.8. The number of aromatic nitrogens is 2. The summed E-state index contributed by atoms with van der Waals surface area (Å²) in [6.45, 7) is 0. The van der Waals surface area contributed by atoms with Gasteiger partial charge in [0.05, 0.1) is 19.5 Å². The van der Waals surface area contributed by atoms with E-state index >= 15 is 0 Å². The van der Waals surface area contributed by atoms with Crippen LogP contribution in [0.4, 0.5) is 0 Å². The Bertz CT molecular complexity index is 267. The van der Waals surface area contributed by atoms with Gasteiger partial charge in [-0.25, -0.2) is 0 Å². The smallest absolute Gasteiger partial charge is 0.156 e. The van der Waals surface area contributed by atoms with Gasteiger partial charge in [-0.05, 0) is 19.3 Å². The summed E-state index contributed by atoms with van der Waals surface area (Å²) in [6.07, 6.45) is 6.75. The SMILES string of the molecule is COc1cnn(C(Br)CCCCCl)c1. The molecule has 1 atom stereocenters. The molecule has 1 unspecified atom stereocenters. The van der Waals surface area contributed by atoms with Crippen molar-refractivity contribution >= 4 is 27.5 Å². The van der Waals surface area contributed by atoms with Crippen LogP contribution < -0.4 is 4.74 Å². The van der Waals surface area contributed by atoms with Crippen molar-refractivity contribution < 1.29 is 4.74 Å². The maximum Gasteiger partial charge on any atom is 0.156 e. The number of rotatable bonds is 6. The minimum atomic E-state index is 0.231. The number of unbranched alkanes of at least 4 members (excludes halogenated alkanes) is 1. The van der Waals surface area contributed by atoms with E-state index < -0.39 is 0 Å². The third-order valence-electron chi connectivity index (χ3n) is 1.93. The first-order valence-electron chi connectivity index (χ1n) is 4.56. The molecule has 0 aliphatic carbocycles. The number of nitrogens with zero attached hydrogens (tertiary/aromatic N) is 2. The summed E-state index contributed by atoms with van der Waals surface area (Å²) in [7, 11) is 1.64. The molecule has 0 aromatic carbocycles. The molecule has 0 saturated carbocycles. The summed E-state index contributed by atoms with van der Waals surface area (Å²) in [5.74, 6) is 1.51. The van der Waals surface area contributed by atoms with E-state index in [2.05, 4.69) is 21.0 Å². The molecule has 0 N–H and O–H groups in total. The first-order valence-corrected chi connectivity index (χ1v) is 6.01. The lowest BCUT2D eigenvalue weighted by molar-refractivity contribution is 0.413. The maximum absolute atomic E-state index is 5.60. The molecular weight excluding hydrogens is 267 g/mol. The molecule has 1 heterocycles. The third kappa shape index (κ3) is 3.50. The summed E-state index contributed by atoms with van der Waals surface area (Å²) in [5, 5.41) is 4.18. The van der Waals surface area contributed by atoms with Crippen molar-refractivity contribution in [2.24, 2.45) is 0 Å². The highest BCUT2D eigenvalue weighted by atomic mass is 79.9. The number of halogens is 2. The van der Waals surface area contributed by atoms with Crippen LogP contribution in [0.15, 0.2) is 12.4 Å². The number of ether oxygens (including phenoxy) is 1. The molecule has 0 aliphatic heterocycles. The molecule has 0 radical (unpaired) electrons. The number of hydrogen-bond acceptors (Lipinski definition) is 2. The van der Waals surface area contributed by atoms with E-state index in [1.54, 1.807) is 13.3 Å². The molecule has 0 saturated heterocycles. The predicted molar refractivity (Wildman–Crippen MR) is 61.3 cm³/mol. The monoisotopic (exact) mass is 280 g/mol. The quantitative estimate of drug-likeness (QED) is 0.591. The van der Waals surface area contributed by atoms with E-state index in [4.69, 9.17) is 16.3 Å². The lowest BCUT2D eigenvalue weighted by atomic mass is 10.2. The molecule has 0 amide bonds. The first kappa shape index (κ1) is 11.9. The molecule has 3 nitrogen and oxygen atoms in total. The van der Waals surface area contributed by atoms with Crippen LogP contribution in [0.3, 0.4) is 0 Å². The van der Waals surface area contributed by atoms with Crippen LogP contribution in [0.2, 0.25) is 0 Å². The predicted octanol–water partition coefficient (Wildman–Crippen LogP) is 3.19. The third-order valence-corrected chi connectivity index (χ3v) is 3.07. The van der Waals surface area contributed by atoms with Crippen LogP contribution in [0, 0.1) is 0 Å². The first-order chi connectivity index (χ1) is 6.77. The van der Waals surface area contributed by atoms with Crippen LogP contribution >= 0.6 is 27.5 Å². The molecule has 0 aliphatic rings. The minimum Gasteiger partial charge on any atom is -0.493 e. The topological polar surface area (TPSA) is 27.1 Å². The van der Waals surface area contributed by atoms with Gasteiger partial charge >= 0.3 is 0 Å². The van der Waals surface area contributed by atoms with Gasteiger partial charge in [-0.1, -0.05) is 15.9 Å². The fourth-order valence-electron chi connectivity index (χ4n) is 1.12. The zero-order valence-electron chi connectivity index (χ0n) is 8.12. The Kier molecular flexibility index (Phi) is 5.33. The molecule has 0 spiro atoms. The van der Waals surface area contributed by atoms with Crippen molar-refractivity contribution in [3.63, 3.8) is 0 Å². The van der Waals surface area contributed by atoms with Crippen LogP contribution in [0.25, 0.3) is 0 Å². The van der Waals surface area contributed by atoms with Crippen LogP contribution in [0.1, 0.15) is 24.2 Å². The van der Waals surface area contributed by atoms with E-state index in [1.807, 2.05) is 10.9 Å². The summed E-state index contributed by atoms with van der Waals surface area (Å²) in [4.78, 5) is 0.231. The van der Waals surface area contributed by atoms with Gasteiger partial charge in [0, 0.05) is 5.88 Å². The highest BCUT2D eigenvalue weighted by molar-refractivity contribution is 9.09. The fraction of sp³-hybridized carbons (Fsp3) is 0.667. The molecule has 0 fully saturated rings. The Morgan fingerprint density at radius 2 is 2.43 bits per heavy atom. The van der Waals surface area contributed by atoms with Crippen molar-refractivity contribution in [3.05, 3.63) is 12.4 Å². The summed E-state index contributed by atoms with van der Waals surface area (Å²) in [6, 6.07) is 0. The van der Waals surface area contributed by atoms with Gasteiger partial charge in [-0.15, -0.1) is 11.6 Å². The highest BCUT2D eigenvalue weighted by Gasteiger charge is 2.07. The second-order valence-electron chi connectivity index (χ2n) is 2.98. The molecule has 5 heteroatoms. The van der Waals surface area contributed by atoms with E-state index in [9.17, 15) is 0 Å². The molecule has 0 bridgehead atoms. The Balaban J connectivity index is 2.39. The zero-order valence-corrected chi connectivity index (χ0v) is 10.5. The van der Waals surface area contributed by atoms with Gasteiger partial charge in [-0.2, -0.15) is 5.10 Å². The zero-order chi connectivity index (χ0) is 10.4. The molecule has 80 valence electrons. The maximum atomic E-state index is 5.60. The second-order valence-corrected chi connectivity index (χ2v) is 4.41. The van der Waals surface area contributed by atoms with Gasteiger partial charge < -0.3 is 4.74 Å². The van der Waals surface area contributed by atoms with Crippen molar-refractivity contribution in [3.8, 4) is 5.75 Å². The Morgan fingerprint density at radius 1 is 1.64 bits per heavy atom. The lowest BCUT2D eigenvalue weighted by Gasteiger charge is -2.08. The molecule has 1 rings (SSSR count). The average Bonchev–Trinajstić information content (AvgIpc) is 2.66. The summed E-state index contributed by atoms with van der Waals surface area (Å²) < 4.78 is 6.90. The summed E-state index contributed by atoms with van der Waals surface area (Å²) in [5.41, 5.74) is 0. The van der Waals surface area contributed by atoms with Crippen molar-refractivity contribution in [2.75, 3.05) is 13.0 Å². The number of methoxy groups -OCH3 is 1. The largest absolute Gasteiger partial charge is 0.493 e. The lowest BCUT2D eigenvalue weighted by Crippen LogP contribution is -2.02. The van der Waals surface area contributed by atoms with Gasteiger partial charge in [-0.3, -0.25) is 4.68 Å². The summed E-state index contributed by atoms with van der Waals surface area (Å²) >= 11 is 9.16. The Hall–Kier alpha value is -0.220. The van der Waals surface area contributed by atoms with Crippen molar-refractivity contribution in [1.82, 2.24) is 9.78 Å². The highest BCUT2D eigenvalue weighted by Crippen LogP contribution is 2.23. The van der Waals surface area contributed by atoms with Crippen molar-refractivity contribution in [1.29, 1.82) is 0 Å². The van der Waals surface area contributed by atoms with Gasteiger partial charge in [0.25, 0.3) is 0 Å².